The number of nitrogens with one attached hydrogen (secondary N) is 2. The van der Waals surface area contributed by atoms with Crippen LogP contribution >= 0.6 is 0 Å². The molecule has 2 fully saturated rings. The van der Waals surface area contributed by atoms with Crippen LogP contribution in [0.4, 0.5) is 15.9 Å². The lowest BCUT2D eigenvalue weighted by Crippen LogP contribution is -2.46. The van der Waals surface area contributed by atoms with Gasteiger partial charge >= 0.3 is 0 Å². The number of amides is 2. The van der Waals surface area contributed by atoms with Gasteiger partial charge in [0, 0.05) is 52.4 Å². The molecular formula is C22H27FN6O2. The second kappa shape index (κ2) is 9.38. The highest BCUT2D eigenvalue weighted by Crippen LogP contribution is 2.32. The largest absolute Gasteiger partial charge is 0.365 e. The van der Waals surface area contributed by atoms with Gasteiger partial charge < -0.3 is 15.5 Å². The first-order chi connectivity index (χ1) is 15.0. The summed E-state index contributed by atoms with van der Waals surface area (Å²) in [7, 11) is 1.49. The Hall–Kier alpha value is -3.07. The molecule has 0 unspecified atom stereocenters. The van der Waals surface area contributed by atoms with Crippen LogP contribution in [-0.4, -0.2) is 59.9 Å². The van der Waals surface area contributed by atoms with E-state index in [0.29, 0.717) is 36.9 Å². The third-order valence-electron chi connectivity index (χ3n) is 5.67. The highest BCUT2D eigenvalue weighted by molar-refractivity contribution is 5.92. The van der Waals surface area contributed by atoms with Crippen LogP contribution in [0.25, 0.3) is 0 Å². The van der Waals surface area contributed by atoms with Gasteiger partial charge in [0.2, 0.25) is 11.9 Å². The van der Waals surface area contributed by atoms with Crippen molar-refractivity contribution in [3.8, 4) is 0 Å². The Bertz CT molecular complexity index is 957. The van der Waals surface area contributed by atoms with Crippen LogP contribution in [0.1, 0.15) is 35.3 Å². The summed E-state index contributed by atoms with van der Waals surface area (Å²) in [6.45, 7) is 3.59. The van der Waals surface area contributed by atoms with Gasteiger partial charge in [0.15, 0.2) is 0 Å². The minimum Gasteiger partial charge on any atom is -0.365 e. The lowest BCUT2D eigenvalue weighted by molar-refractivity contribution is -0.116. The molecule has 2 N–H and O–H groups in total. The molecule has 1 aliphatic carbocycles. The van der Waals surface area contributed by atoms with Crippen LogP contribution < -0.4 is 15.5 Å². The number of anilines is 2. The minimum atomic E-state index is -0.629. The van der Waals surface area contributed by atoms with E-state index in [-0.39, 0.29) is 11.6 Å². The predicted octanol–water partition coefficient (Wildman–Crippen LogP) is 2.04. The number of hydrogen-bond donors (Lipinski definition) is 2. The summed E-state index contributed by atoms with van der Waals surface area (Å²) in [5.41, 5.74) is 1.56. The van der Waals surface area contributed by atoms with E-state index in [2.05, 4.69) is 25.5 Å². The summed E-state index contributed by atoms with van der Waals surface area (Å²) in [5.74, 6) is 0.121. The number of carbonyl (C=O) groups is 2. The molecule has 0 atom stereocenters. The second-order valence-electron chi connectivity index (χ2n) is 8.09. The molecule has 31 heavy (non-hydrogen) atoms. The number of pyridine rings is 2. The Morgan fingerprint density at radius 3 is 2.61 bits per heavy atom. The molecule has 4 rings (SSSR count). The number of hydrogen-bond acceptors (Lipinski definition) is 6. The van der Waals surface area contributed by atoms with Gasteiger partial charge in [0.05, 0.1) is 5.69 Å². The van der Waals surface area contributed by atoms with Crippen LogP contribution in [0.2, 0.25) is 0 Å². The van der Waals surface area contributed by atoms with Crippen molar-refractivity contribution in [1.29, 1.82) is 0 Å². The molecule has 0 aromatic carbocycles. The van der Waals surface area contributed by atoms with Crippen LogP contribution in [0.5, 0.6) is 0 Å². The predicted molar refractivity (Wildman–Crippen MR) is 115 cm³/mol. The molecule has 1 saturated carbocycles. The fourth-order valence-electron chi connectivity index (χ4n) is 3.74. The molecule has 2 aliphatic rings. The maximum Gasteiger partial charge on any atom is 0.269 e. The molecule has 0 bridgehead atoms. The van der Waals surface area contributed by atoms with E-state index in [1.165, 1.54) is 7.05 Å². The topological polar surface area (TPSA) is 90.5 Å². The van der Waals surface area contributed by atoms with E-state index >= 15 is 0 Å². The fourth-order valence-corrected chi connectivity index (χ4v) is 3.74. The maximum atomic E-state index is 14.4. The average Bonchev–Trinajstić information content (AvgIpc) is 3.58. The quantitative estimate of drug-likeness (QED) is 0.659. The normalized spacial score (nSPS) is 16.8. The SMILES string of the molecule is CNC(=O)c1ccc(N2CCN(Cc3ccnc(NC(=O)CC4CC4)c3)CC2)c(F)n1. The van der Waals surface area contributed by atoms with Crippen molar-refractivity contribution >= 4 is 23.3 Å². The Morgan fingerprint density at radius 2 is 1.94 bits per heavy atom. The Morgan fingerprint density at radius 1 is 1.16 bits per heavy atom. The summed E-state index contributed by atoms with van der Waals surface area (Å²) >= 11 is 0. The Labute approximate surface area is 180 Å². The maximum absolute atomic E-state index is 14.4. The van der Waals surface area contributed by atoms with Gasteiger partial charge in [-0.1, -0.05) is 0 Å². The number of halogens is 1. The molecule has 8 nitrogen and oxygen atoms in total. The van der Waals surface area contributed by atoms with Crippen molar-refractivity contribution < 1.29 is 14.0 Å². The van der Waals surface area contributed by atoms with Gasteiger partial charge in [0.25, 0.3) is 5.91 Å². The van der Waals surface area contributed by atoms with Crippen molar-refractivity contribution in [3.05, 3.63) is 47.7 Å². The van der Waals surface area contributed by atoms with E-state index in [1.54, 1.807) is 18.3 Å². The van der Waals surface area contributed by atoms with Gasteiger partial charge in [-0.3, -0.25) is 14.5 Å². The van der Waals surface area contributed by atoms with Gasteiger partial charge in [0.1, 0.15) is 11.5 Å². The summed E-state index contributed by atoms with van der Waals surface area (Å²) in [5, 5.41) is 5.33. The first-order valence-electron chi connectivity index (χ1n) is 10.6. The van der Waals surface area contributed by atoms with Crippen molar-refractivity contribution in [3.63, 3.8) is 0 Å². The third kappa shape index (κ3) is 5.55. The lowest BCUT2D eigenvalue weighted by atomic mass is 10.2. The Kier molecular flexibility index (Phi) is 6.41. The molecule has 2 aromatic rings. The van der Waals surface area contributed by atoms with Crippen molar-refractivity contribution in [2.75, 3.05) is 43.4 Å². The molecule has 1 saturated heterocycles. The molecule has 3 heterocycles. The standard InChI is InChI=1S/C22H27FN6O2/c1-24-22(31)17-4-5-18(21(23)26-17)29-10-8-28(9-11-29)14-16-6-7-25-19(12-16)27-20(30)13-15-2-3-15/h4-7,12,15H,2-3,8-11,13-14H2,1H3,(H,24,31)(H,25,27,30). The van der Waals surface area contributed by atoms with E-state index in [0.717, 1.165) is 38.0 Å². The first kappa shape index (κ1) is 21.2. The highest BCUT2D eigenvalue weighted by atomic mass is 19.1. The summed E-state index contributed by atoms with van der Waals surface area (Å²) < 4.78 is 14.4. The smallest absolute Gasteiger partial charge is 0.269 e. The van der Waals surface area contributed by atoms with E-state index < -0.39 is 11.9 Å². The third-order valence-corrected chi connectivity index (χ3v) is 5.67. The number of nitrogens with zero attached hydrogens (tertiary/aromatic N) is 4. The highest BCUT2D eigenvalue weighted by Gasteiger charge is 2.25. The molecule has 2 amide bonds. The van der Waals surface area contributed by atoms with Crippen LogP contribution in [-0.2, 0) is 11.3 Å². The molecular weight excluding hydrogens is 399 g/mol. The van der Waals surface area contributed by atoms with E-state index in [4.69, 9.17) is 0 Å². The van der Waals surface area contributed by atoms with Gasteiger partial charge in [-0.15, -0.1) is 0 Å². The van der Waals surface area contributed by atoms with Crippen LogP contribution in [0, 0.1) is 11.9 Å². The second-order valence-corrected chi connectivity index (χ2v) is 8.09. The molecule has 0 radical (unpaired) electrons. The number of aromatic nitrogens is 2. The first-order valence-corrected chi connectivity index (χ1v) is 10.6. The number of piperazine rings is 1. The summed E-state index contributed by atoms with van der Waals surface area (Å²) in [4.78, 5) is 35.9. The fraction of sp³-hybridized carbons (Fsp3) is 0.455. The lowest BCUT2D eigenvalue weighted by Gasteiger charge is -2.36. The van der Waals surface area contributed by atoms with Gasteiger partial charge in [-0.2, -0.15) is 4.39 Å². The zero-order chi connectivity index (χ0) is 21.8. The molecule has 1 aliphatic heterocycles. The van der Waals surface area contributed by atoms with E-state index in [9.17, 15) is 14.0 Å². The minimum absolute atomic E-state index is 0.0267. The Balaban J connectivity index is 1.30. The number of rotatable bonds is 7. The van der Waals surface area contributed by atoms with E-state index in [1.807, 2.05) is 17.0 Å². The molecule has 164 valence electrons. The average molecular weight is 426 g/mol. The molecule has 0 spiro atoms. The zero-order valence-electron chi connectivity index (χ0n) is 17.6. The monoisotopic (exact) mass is 426 g/mol. The van der Waals surface area contributed by atoms with Crippen LogP contribution in [0.15, 0.2) is 30.5 Å². The summed E-state index contributed by atoms with van der Waals surface area (Å²) in [6, 6.07) is 7.02. The summed E-state index contributed by atoms with van der Waals surface area (Å²) in [6.07, 6.45) is 4.58. The zero-order valence-corrected chi connectivity index (χ0v) is 17.6. The molecule has 2 aromatic heterocycles. The van der Waals surface area contributed by atoms with Crippen molar-refractivity contribution in [2.24, 2.45) is 5.92 Å². The van der Waals surface area contributed by atoms with Gasteiger partial charge in [-0.05, 0) is 48.6 Å². The number of carbonyl (C=O) groups excluding carboxylic acids is 2. The van der Waals surface area contributed by atoms with Crippen LogP contribution in [0.3, 0.4) is 0 Å². The van der Waals surface area contributed by atoms with Crippen molar-refractivity contribution in [2.45, 2.75) is 25.8 Å². The molecule has 9 heteroatoms. The van der Waals surface area contributed by atoms with Crippen molar-refractivity contribution in [1.82, 2.24) is 20.2 Å². The van der Waals surface area contributed by atoms with Gasteiger partial charge in [-0.25, -0.2) is 9.97 Å².